The van der Waals surface area contributed by atoms with Gasteiger partial charge in [0.1, 0.15) is 24.6 Å². The summed E-state index contributed by atoms with van der Waals surface area (Å²) in [7, 11) is -4.17. The predicted molar refractivity (Wildman–Crippen MR) is 159 cm³/mol. The molecule has 0 aromatic carbocycles. The Labute approximate surface area is 234 Å². The lowest BCUT2D eigenvalue weighted by Gasteiger charge is -2.27. The van der Waals surface area contributed by atoms with Crippen molar-refractivity contribution >= 4 is 26.1 Å². The van der Waals surface area contributed by atoms with E-state index in [0.29, 0.717) is 24.9 Å². The number of aliphatic imine (C=N–C) groups is 3. The van der Waals surface area contributed by atoms with Crippen molar-refractivity contribution in [2.75, 3.05) is 26.1 Å². The zero-order valence-electron chi connectivity index (χ0n) is 23.8. The van der Waals surface area contributed by atoms with E-state index in [0.717, 1.165) is 12.8 Å². The third-order valence-electron chi connectivity index (χ3n) is 6.65. The monoisotopic (exact) mass is 567 g/mol. The number of ether oxygens (including phenoxy) is 2. The van der Waals surface area contributed by atoms with Crippen molar-refractivity contribution in [3.05, 3.63) is 24.6 Å². The van der Waals surface area contributed by atoms with E-state index in [1.54, 1.807) is 6.34 Å². The van der Waals surface area contributed by atoms with Gasteiger partial charge in [0.25, 0.3) is 0 Å². The molecule has 2 rings (SSSR count). The van der Waals surface area contributed by atoms with Crippen LogP contribution in [0.3, 0.4) is 0 Å². The minimum atomic E-state index is -4.17. The van der Waals surface area contributed by atoms with Gasteiger partial charge in [0.15, 0.2) is 12.0 Å². The number of nitrogens with one attached hydrogen (secondary N) is 1. The molecule has 0 radical (unpaired) electrons. The molecule has 11 heteroatoms. The molecule has 0 amide bonds. The molecule has 2 atom stereocenters. The highest BCUT2D eigenvalue weighted by Crippen LogP contribution is 2.33. The highest BCUT2D eigenvalue weighted by Gasteiger charge is 2.36. The molecule has 2 aliphatic heterocycles. The Balaban J connectivity index is 1.45. The molecule has 39 heavy (non-hydrogen) atoms. The average molecular weight is 568 g/mol. The lowest BCUT2D eigenvalue weighted by Crippen LogP contribution is -2.46. The highest BCUT2D eigenvalue weighted by molar-refractivity contribution is 7.51. The molecule has 0 fully saturated rings. The van der Waals surface area contributed by atoms with Crippen molar-refractivity contribution in [2.45, 2.75) is 109 Å². The minimum Gasteiger partial charge on any atom is -0.479 e. The molecule has 0 aromatic heterocycles. The fourth-order valence-electron chi connectivity index (χ4n) is 4.48. The zero-order valence-corrected chi connectivity index (χ0v) is 24.6. The van der Waals surface area contributed by atoms with Crippen LogP contribution in [0.2, 0.25) is 0 Å². The summed E-state index contributed by atoms with van der Waals surface area (Å²) in [5, 5.41) is 3.11. The van der Waals surface area contributed by atoms with Gasteiger partial charge in [0.05, 0.1) is 19.6 Å². The van der Waals surface area contributed by atoms with Gasteiger partial charge in [-0.05, 0) is 38.7 Å². The maximum absolute atomic E-state index is 10.9. The number of rotatable bonds is 23. The molecule has 222 valence electrons. The van der Waals surface area contributed by atoms with E-state index >= 15 is 0 Å². The first-order chi connectivity index (χ1) is 18.9. The van der Waals surface area contributed by atoms with Crippen LogP contribution in [0.25, 0.3) is 0 Å². The fraction of sp³-hybridized carbons (Fsp3) is 0.750. The van der Waals surface area contributed by atoms with Gasteiger partial charge in [-0.1, -0.05) is 76.9 Å². The molecule has 0 aromatic rings. The number of nitrogens with zero attached hydrogens (tertiary/aromatic N) is 4. The summed E-state index contributed by atoms with van der Waals surface area (Å²) in [6.45, 7) is 7.38. The van der Waals surface area contributed by atoms with E-state index in [9.17, 15) is 4.57 Å². The normalized spacial score (nSPS) is 18.5. The van der Waals surface area contributed by atoms with Crippen molar-refractivity contribution in [3.8, 4) is 0 Å². The second-order valence-corrected chi connectivity index (χ2v) is 11.8. The number of amidine groups is 1. The minimum absolute atomic E-state index is 0.155. The van der Waals surface area contributed by atoms with E-state index < -0.39 is 13.9 Å². The third-order valence-corrected chi connectivity index (χ3v) is 7.17. The SMILES string of the molecule is C=C(NC1=NC=NC2C1N=CN2CCOCP(=O)(O)O)OCCCCCCCC/C=C\CCCCCCCC. The lowest BCUT2D eigenvalue weighted by molar-refractivity contribution is 0.136. The van der Waals surface area contributed by atoms with Gasteiger partial charge in [-0.15, -0.1) is 0 Å². The maximum Gasteiger partial charge on any atom is 0.350 e. The number of unbranched alkanes of at least 4 members (excludes halogenated alkanes) is 12. The van der Waals surface area contributed by atoms with Crippen LogP contribution >= 0.6 is 7.60 Å². The molecule has 10 nitrogen and oxygen atoms in total. The van der Waals surface area contributed by atoms with E-state index in [1.165, 1.54) is 83.4 Å². The van der Waals surface area contributed by atoms with Gasteiger partial charge in [-0.3, -0.25) is 9.56 Å². The summed E-state index contributed by atoms with van der Waals surface area (Å²) in [5.41, 5.74) is 0. The zero-order chi connectivity index (χ0) is 28.2. The maximum atomic E-state index is 10.9. The first-order valence-electron chi connectivity index (χ1n) is 14.6. The molecule has 2 heterocycles. The van der Waals surface area contributed by atoms with Crippen LogP contribution in [0.1, 0.15) is 96.8 Å². The molecular formula is C28H50N5O5P. The van der Waals surface area contributed by atoms with Crippen molar-refractivity contribution in [2.24, 2.45) is 15.0 Å². The van der Waals surface area contributed by atoms with E-state index in [-0.39, 0.29) is 18.8 Å². The van der Waals surface area contributed by atoms with Gasteiger partial charge >= 0.3 is 7.60 Å². The molecule has 0 saturated heterocycles. The average Bonchev–Trinajstić information content (AvgIpc) is 3.32. The summed E-state index contributed by atoms with van der Waals surface area (Å²) in [6, 6.07) is -0.317. The Kier molecular flexibility index (Phi) is 17.0. The molecule has 0 bridgehead atoms. The highest BCUT2D eigenvalue weighted by atomic mass is 31.2. The van der Waals surface area contributed by atoms with Crippen LogP contribution < -0.4 is 5.32 Å². The van der Waals surface area contributed by atoms with Gasteiger partial charge in [0.2, 0.25) is 0 Å². The molecule has 0 saturated carbocycles. The third kappa shape index (κ3) is 15.4. The van der Waals surface area contributed by atoms with E-state index in [4.69, 9.17) is 19.3 Å². The fourth-order valence-corrected chi connectivity index (χ4v) is 4.84. The lowest BCUT2D eigenvalue weighted by atomic mass is 10.1. The van der Waals surface area contributed by atoms with Crippen LogP contribution in [0, 0.1) is 0 Å². The predicted octanol–water partition coefficient (Wildman–Crippen LogP) is 5.73. The molecule has 2 aliphatic rings. The van der Waals surface area contributed by atoms with Crippen LogP contribution in [0.5, 0.6) is 0 Å². The summed E-state index contributed by atoms with van der Waals surface area (Å²) in [6.07, 6.45) is 24.8. The first kappa shape index (κ1) is 33.2. The second-order valence-electron chi connectivity index (χ2n) is 10.2. The molecule has 2 unspecified atom stereocenters. The van der Waals surface area contributed by atoms with Crippen LogP contribution in [-0.4, -0.2) is 71.5 Å². The standard InChI is InChI=1S/C28H50N5O5P/c1-3-4-5-6-7-8-9-10-11-12-13-14-15-16-17-18-20-38-25(2)32-27-26-28(30-22-29-27)33(23-31-26)19-21-37-24-39(34,35)36/h10-11,22-23,26,28H,2-9,12-21,24H2,1H3,(H,29,30,32)(H2,34,35,36)/b11-10-. The van der Waals surface area contributed by atoms with Crippen LogP contribution in [0.15, 0.2) is 39.6 Å². The number of fused-ring (bicyclic) bond motifs is 1. The van der Waals surface area contributed by atoms with Gasteiger partial charge < -0.3 is 29.5 Å². The first-order valence-corrected chi connectivity index (χ1v) is 16.4. The van der Waals surface area contributed by atoms with Crippen molar-refractivity contribution < 1.29 is 23.8 Å². The van der Waals surface area contributed by atoms with Crippen LogP contribution in [0.4, 0.5) is 0 Å². The molecule has 0 aliphatic carbocycles. The smallest absolute Gasteiger partial charge is 0.350 e. The van der Waals surface area contributed by atoms with Crippen molar-refractivity contribution in [3.63, 3.8) is 0 Å². The van der Waals surface area contributed by atoms with E-state index in [1.807, 2.05) is 4.90 Å². The Bertz CT molecular complexity index is 857. The largest absolute Gasteiger partial charge is 0.479 e. The van der Waals surface area contributed by atoms with Crippen LogP contribution in [-0.2, 0) is 14.0 Å². The van der Waals surface area contributed by atoms with Gasteiger partial charge in [-0.25, -0.2) is 9.98 Å². The Morgan fingerprint density at radius 1 is 1.00 bits per heavy atom. The Hall–Kier alpha value is -2.00. The molecular weight excluding hydrogens is 517 g/mol. The number of allylic oxidation sites excluding steroid dienone is 2. The van der Waals surface area contributed by atoms with Gasteiger partial charge in [-0.2, -0.15) is 0 Å². The Morgan fingerprint density at radius 2 is 1.64 bits per heavy atom. The van der Waals surface area contributed by atoms with Crippen molar-refractivity contribution in [1.29, 1.82) is 0 Å². The summed E-state index contributed by atoms with van der Waals surface area (Å²) in [5.74, 6) is 1.05. The summed E-state index contributed by atoms with van der Waals surface area (Å²) < 4.78 is 21.7. The quantitative estimate of drug-likeness (QED) is 0.0622. The molecule has 0 spiro atoms. The summed E-state index contributed by atoms with van der Waals surface area (Å²) in [4.78, 5) is 32.8. The number of hydrogen-bond acceptors (Lipinski definition) is 8. The molecule has 3 N–H and O–H groups in total. The van der Waals surface area contributed by atoms with Gasteiger partial charge in [0, 0.05) is 6.54 Å². The Morgan fingerprint density at radius 3 is 2.31 bits per heavy atom. The second kappa shape index (κ2) is 20.0. The topological polar surface area (TPSA) is 128 Å². The van der Waals surface area contributed by atoms with Crippen molar-refractivity contribution in [1.82, 2.24) is 10.2 Å². The summed E-state index contributed by atoms with van der Waals surface area (Å²) >= 11 is 0. The number of hydrogen-bond donors (Lipinski definition) is 3. The van der Waals surface area contributed by atoms with E-state index in [2.05, 4.69) is 45.9 Å².